The predicted molar refractivity (Wildman–Crippen MR) is 343 cm³/mol. The van der Waals surface area contributed by atoms with Gasteiger partial charge in [-0.25, -0.2) is 0 Å². The highest BCUT2D eigenvalue weighted by Crippen LogP contribution is 2.40. The van der Waals surface area contributed by atoms with Gasteiger partial charge in [-0.05, 0) is 154 Å². The first-order chi connectivity index (χ1) is 37.4. The summed E-state index contributed by atoms with van der Waals surface area (Å²) in [4.78, 5) is 74.1. The second-order valence-corrected chi connectivity index (χ2v) is 32.4. The maximum absolute atomic E-state index is 12.7. The number of Topliss-reactive ketones (excluding diaryl/α,β-unsaturated/α-hetero) is 5. The first-order valence-electron chi connectivity index (χ1n) is 33.7. The number of likely N-dealkylation sites (tertiary alicyclic amines) is 3. The molecule has 7 heterocycles. The molecule has 0 N–H and O–H groups in total. The summed E-state index contributed by atoms with van der Waals surface area (Å²) < 4.78 is 0. The summed E-state index contributed by atoms with van der Waals surface area (Å²) in [6.07, 6.45) is 22.9. The lowest BCUT2D eigenvalue weighted by molar-refractivity contribution is -0.137. The zero-order chi connectivity index (χ0) is 61.6. The summed E-state index contributed by atoms with van der Waals surface area (Å²) in [6, 6.07) is 2.20. The summed E-state index contributed by atoms with van der Waals surface area (Å²) >= 11 is 0. The predicted octanol–water partition coefficient (Wildman–Crippen LogP) is 15.2. The highest BCUT2D eigenvalue weighted by molar-refractivity contribution is 5.90. The second kappa shape index (κ2) is 32.2. The van der Waals surface area contributed by atoms with E-state index in [0.29, 0.717) is 64.8 Å². The minimum Gasteiger partial charge on any atom is -0.305 e. The van der Waals surface area contributed by atoms with Crippen LogP contribution in [0, 0.1) is 68.5 Å². The van der Waals surface area contributed by atoms with Crippen LogP contribution in [0.25, 0.3) is 0 Å². The first kappa shape index (κ1) is 73.4. The molecule has 0 aromatic heterocycles. The first-order valence-corrected chi connectivity index (χ1v) is 33.7. The van der Waals surface area contributed by atoms with Crippen molar-refractivity contribution in [3.63, 3.8) is 0 Å². The molecule has 0 aliphatic carbocycles. The van der Waals surface area contributed by atoms with Crippen LogP contribution in [0.3, 0.4) is 0 Å². The molecule has 7 aliphatic rings. The zero-order valence-corrected chi connectivity index (χ0v) is 57.6. The van der Waals surface area contributed by atoms with Crippen LogP contribution in [0.4, 0.5) is 0 Å². The zero-order valence-electron chi connectivity index (χ0n) is 57.6. The Bertz CT molecular complexity index is 1870. The third-order valence-electron chi connectivity index (χ3n) is 20.3. The van der Waals surface area contributed by atoms with E-state index < -0.39 is 0 Å². The van der Waals surface area contributed by atoms with Crippen molar-refractivity contribution in [3.05, 3.63) is 0 Å². The Labute approximate surface area is 501 Å². The third-order valence-corrected chi connectivity index (χ3v) is 20.3. The Hall–Kier alpha value is -1.85. The molecule has 0 radical (unpaired) electrons. The van der Waals surface area contributed by atoms with E-state index in [-0.39, 0.29) is 45.1 Å². The molecule has 12 atom stereocenters. The maximum Gasteiger partial charge on any atom is 0.155 e. The maximum atomic E-state index is 12.7. The third kappa shape index (κ3) is 22.4. The smallest absolute Gasteiger partial charge is 0.155 e. The molecule has 81 heavy (non-hydrogen) atoms. The molecule has 7 fully saturated rings. The number of fused-ring (bicyclic) bond motifs is 2. The van der Waals surface area contributed by atoms with Crippen molar-refractivity contribution in [1.29, 1.82) is 0 Å². The largest absolute Gasteiger partial charge is 0.305 e. The number of hydrogen-bond acceptors (Lipinski definition) is 10. The van der Waals surface area contributed by atoms with Crippen molar-refractivity contribution >= 4 is 28.9 Å². The fourth-order valence-corrected chi connectivity index (χ4v) is 14.8. The monoisotopic (exact) mass is 1140 g/mol. The number of ketones is 5. The fraction of sp³-hybridized carbons (Fsp3) is 0.930. The van der Waals surface area contributed by atoms with Crippen LogP contribution >= 0.6 is 0 Å². The number of likely N-dealkylation sites (N-methyl/N-ethyl adjacent to an activating group) is 1. The van der Waals surface area contributed by atoms with E-state index in [9.17, 15) is 24.0 Å². The van der Waals surface area contributed by atoms with E-state index in [2.05, 4.69) is 122 Å². The molecule has 472 valence electrons. The number of carbonyl (C=O) groups is 5. The standard InChI is InChI=1S/2C16H29NO.3C13H25NO/c1-5-12-10-13(15(18)16(2,3)4)14-8-6-7-9-17(14)11-12;1-5-12-10-13-8-6-7-9-17(13)14(11-12)15(18)16(2,3)4;1-6-10-7-11(9-14(5)8-10)12(15)13(2,3)4;1-6-11-9-10(7-8-14(11)5)12(15)13(2,3)4;1-6-10-7-8-14(5)11(9-10)12(15)13(2,3)4/h2*12-14H,5-11H2,1-4H3;3*10-11H,6-9H2,1-5H3. The molecule has 7 saturated heterocycles. The van der Waals surface area contributed by atoms with Gasteiger partial charge < -0.3 is 9.80 Å². The van der Waals surface area contributed by atoms with Crippen LogP contribution in [0.15, 0.2) is 0 Å². The number of carbonyl (C=O) groups excluding carboxylic acids is 5. The molecule has 12 unspecified atom stereocenters. The normalized spacial score (nSPS) is 31.3. The second-order valence-electron chi connectivity index (χ2n) is 32.4. The van der Waals surface area contributed by atoms with E-state index >= 15 is 0 Å². The quantitative estimate of drug-likeness (QED) is 0.210. The molecule has 10 nitrogen and oxygen atoms in total. The van der Waals surface area contributed by atoms with E-state index in [4.69, 9.17) is 0 Å². The van der Waals surface area contributed by atoms with E-state index in [1.54, 1.807) is 0 Å². The molecule has 10 heteroatoms. The van der Waals surface area contributed by atoms with E-state index in [1.165, 1.54) is 90.1 Å². The minimum atomic E-state index is -0.200. The summed E-state index contributed by atoms with van der Waals surface area (Å²) in [5.74, 6) is 6.06. The van der Waals surface area contributed by atoms with Crippen molar-refractivity contribution < 1.29 is 24.0 Å². The lowest BCUT2D eigenvalue weighted by Crippen LogP contribution is -2.56. The number of piperidine rings is 7. The summed E-state index contributed by atoms with van der Waals surface area (Å²) in [6.45, 7) is 49.8. The number of nitrogens with zero attached hydrogens (tertiary/aromatic N) is 5. The van der Waals surface area contributed by atoms with Crippen LogP contribution in [0.2, 0.25) is 0 Å². The SMILES string of the molecule is CCC1CC(C(=O)C(C)(C)C)C2CCCCN2C1.CCC1CC(C(=O)C(C)(C)C)CCN1C.CCC1CC(C(=O)C(C)(C)C)CN(C)C1.CCC1CC2CCCCN2C(C(=O)C(C)(C)C)C1.CCC1CCN(C)C(C(=O)C(C)(C)C)C1. The van der Waals surface area contributed by atoms with Crippen molar-refractivity contribution in [3.8, 4) is 0 Å². The number of rotatable bonds is 10. The van der Waals surface area contributed by atoms with Crippen LogP contribution < -0.4 is 0 Å². The van der Waals surface area contributed by atoms with E-state index in [1.807, 2.05) is 62.3 Å². The van der Waals surface area contributed by atoms with Crippen LogP contribution in [0.5, 0.6) is 0 Å². The Morgan fingerprint density at radius 3 is 1.40 bits per heavy atom. The van der Waals surface area contributed by atoms with Crippen LogP contribution in [-0.4, -0.2) is 151 Å². The van der Waals surface area contributed by atoms with Gasteiger partial charge in [0.05, 0.1) is 12.1 Å². The minimum absolute atomic E-state index is 0.156. The fourth-order valence-electron chi connectivity index (χ4n) is 14.8. The van der Waals surface area contributed by atoms with Gasteiger partial charge in [-0.2, -0.15) is 0 Å². The van der Waals surface area contributed by atoms with Gasteiger partial charge in [-0.3, -0.25) is 38.7 Å². The highest BCUT2D eigenvalue weighted by Gasteiger charge is 2.45. The molecule has 0 saturated carbocycles. The summed E-state index contributed by atoms with van der Waals surface area (Å²) in [7, 11) is 6.39. The molecule has 0 aromatic rings. The molecule has 0 aromatic carbocycles. The summed E-state index contributed by atoms with van der Waals surface area (Å²) in [5, 5.41) is 0. The van der Waals surface area contributed by atoms with E-state index in [0.717, 1.165) is 95.4 Å². The highest BCUT2D eigenvalue weighted by atomic mass is 16.1. The van der Waals surface area contributed by atoms with Gasteiger partial charge >= 0.3 is 0 Å². The average Bonchev–Trinajstić information content (AvgIpc) is 3.52. The molecular weight excluding hydrogens is 1000 g/mol. The van der Waals surface area contributed by atoms with Crippen LogP contribution in [0.1, 0.15) is 260 Å². The molecule has 0 bridgehead atoms. The van der Waals surface area contributed by atoms with Gasteiger partial charge in [-0.15, -0.1) is 0 Å². The average molecular weight is 1140 g/mol. The summed E-state index contributed by atoms with van der Waals surface area (Å²) in [5.41, 5.74) is -0.916. The van der Waals surface area contributed by atoms with Crippen molar-refractivity contribution in [2.45, 2.75) is 291 Å². The molecule has 7 rings (SSSR count). The Kier molecular flexibility index (Phi) is 29.2. The van der Waals surface area contributed by atoms with Gasteiger partial charge in [-0.1, -0.05) is 177 Å². The van der Waals surface area contributed by atoms with Crippen molar-refractivity contribution in [2.75, 3.05) is 67.0 Å². The molecular formula is C71H133N5O5. The molecule has 0 spiro atoms. The lowest BCUT2D eigenvalue weighted by Gasteiger charge is -2.48. The number of hydrogen-bond donors (Lipinski definition) is 0. The van der Waals surface area contributed by atoms with Gasteiger partial charge in [0.2, 0.25) is 0 Å². The Balaban J connectivity index is 0.000000267. The molecule has 7 aliphatic heterocycles. The molecule has 0 amide bonds. The van der Waals surface area contributed by atoms with Gasteiger partial charge in [0.25, 0.3) is 0 Å². The lowest BCUT2D eigenvalue weighted by atomic mass is 9.70. The van der Waals surface area contributed by atoms with Gasteiger partial charge in [0.1, 0.15) is 17.3 Å². The van der Waals surface area contributed by atoms with Gasteiger partial charge in [0.15, 0.2) is 11.6 Å². The van der Waals surface area contributed by atoms with Crippen molar-refractivity contribution in [2.24, 2.45) is 68.5 Å². The topological polar surface area (TPSA) is 102 Å². The Morgan fingerprint density at radius 2 is 0.864 bits per heavy atom. The van der Waals surface area contributed by atoms with Gasteiger partial charge in [0, 0.05) is 82.6 Å². The van der Waals surface area contributed by atoms with Crippen molar-refractivity contribution in [1.82, 2.24) is 24.5 Å². The van der Waals surface area contributed by atoms with Crippen LogP contribution in [-0.2, 0) is 24.0 Å². The Morgan fingerprint density at radius 1 is 0.383 bits per heavy atom.